The maximum atomic E-state index is 12.3. The lowest BCUT2D eigenvalue weighted by atomic mass is 10.1. The van der Waals surface area contributed by atoms with Crippen LogP contribution >= 0.6 is 11.8 Å². The SMILES string of the molecule is C[C@H](SCCN1C(=O)c2ccccc2C1=O)C(=O)N[C@H]1CCS(=O)(=O)C1. The molecule has 1 fully saturated rings. The molecule has 140 valence electrons. The van der Waals surface area contributed by atoms with Gasteiger partial charge < -0.3 is 5.32 Å². The van der Waals surface area contributed by atoms with Gasteiger partial charge in [-0.05, 0) is 25.5 Å². The molecule has 2 aliphatic rings. The molecule has 1 aromatic rings. The van der Waals surface area contributed by atoms with Crippen LogP contribution in [-0.4, -0.2) is 66.1 Å². The Morgan fingerprint density at radius 1 is 1.27 bits per heavy atom. The fourth-order valence-electron chi connectivity index (χ4n) is 3.07. The normalized spacial score (nSPS) is 22.3. The molecule has 2 atom stereocenters. The second-order valence-corrected chi connectivity index (χ2v) is 10.1. The molecule has 0 aromatic heterocycles. The highest BCUT2D eigenvalue weighted by molar-refractivity contribution is 8.00. The average molecular weight is 396 g/mol. The molecule has 26 heavy (non-hydrogen) atoms. The average Bonchev–Trinajstić information content (AvgIpc) is 3.06. The Kier molecular flexibility index (Phi) is 5.38. The number of carbonyl (C=O) groups is 3. The number of nitrogens with zero attached hydrogens (tertiary/aromatic N) is 1. The van der Waals surface area contributed by atoms with Crippen molar-refractivity contribution in [3.05, 3.63) is 35.4 Å². The van der Waals surface area contributed by atoms with Crippen molar-refractivity contribution in [2.24, 2.45) is 0 Å². The first-order chi connectivity index (χ1) is 12.3. The number of carbonyl (C=O) groups excluding carboxylic acids is 3. The van der Waals surface area contributed by atoms with E-state index in [0.29, 0.717) is 23.3 Å². The standard InChI is InChI=1S/C17H20N2O5S2/c1-11(15(20)18-12-6-9-26(23,24)10-12)25-8-7-19-16(21)13-4-2-3-5-14(13)17(19)22/h2-5,11-12H,6-10H2,1H3,(H,18,20)/t11-,12-/m0/s1. The van der Waals surface area contributed by atoms with Gasteiger partial charge in [-0.25, -0.2) is 8.42 Å². The maximum Gasteiger partial charge on any atom is 0.261 e. The number of fused-ring (bicyclic) bond motifs is 1. The highest BCUT2D eigenvalue weighted by Crippen LogP contribution is 2.23. The van der Waals surface area contributed by atoms with Gasteiger partial charge in [0, 0.05) is 18.3 Å². The molecular weight excluding hydrogens is 376 g/mol. The zero-order valence-electron chi connectivity index (χ0n) is 14.3. The first-order valence-electron chi connectivity index (χ1n) is 8.36. The van der Waals surface area contributed by atoms with E-state index >= 15 is 0 Å². The molecule has 2 heterocycles. The summed E-state index contributed by atoms with van der Waals surface area (Å²) in [5.74, 6) is -0.300. The summed E-state index contributed by atoms with van der Waals surface area (Å²) < 4.78 is 22.9. The van der Waals surface area contributed by atoms with E-state index in [1.165, 1.54) is 16.7 Å². The van der Waals surface area contributed by atoms with Gasteiger partial charge in [0.2, 0.25) is 5.91 Å². The molecule has 1 N–H and O–H groups in total. The Morgan fingerprint density at radius 3 is 2.42 bits per heavy atom. The van der Waals surface area contributed by atoms with Crippen molar-refractivity contribution in [1.29, 1.82) is 0 Å². The van der Waals surface area contributed by atoms with Crippen molar-refractivity contribution < 1.29 is 22.8 Å². The largest absolute Gasteiger partial charge is 0.351 e. The molecular formula is C17H20N2O5S2. The number of benzene rings is 1. The van der Waals surface area contributed by atoms with Crippen LogP contribution < -0.4 is 5.32 Å². The number of imide groups is 1. The van der Waals surface area contributed by atoms with Crippen LogP contribution in [-0.2, 0) is 14.6 Å². The molecule has 0 radical (unpaired) electrons. The number of thioether (sulfide) groups is 1. The smallest absolute Gasteiger partial charge is 0.261 e. The molecule has 1 aromatic carbocycles. The van der Waals surface area contributed by atoms with Gasteiger partial charge in [0.15, 0.2) is 9.84 Å². The molecule has 0 unspecified atom stereocenters. The molecule has 0 bridgehead atoms. The summed E-state index contributed by atoms with van der Waals surface area (Å²) in [6.45, 7) is 1.96. The van der Waals surface area contributed by atoms with Crippen LogP contribution in [0.25, 0.3) is 0 Å². The van der Waals surface area contributed by atoms with E-state index in [9.17, 15) is 22.8 Å². The summed E-state index contributed by atoms with van der Waals surface area (Å²) in [4.78, 5) is 37.9. The lowest BCUT2D eigenvalue weighted by Gasteiger charge is -2.17. The summed E-state index contributed by atoms with van der Waals surface area (Å²) in [5.41, 5.74) is 0.825. The molecule has 0 spiro atoms. The molecule has 7 nitrogen and oxygen atoms in total. The van der Waals surface area contributed by atoms with Crippen molar-refractivity contribution in [3.63, 3.8) is 0 Å². The highest BCUT2D eigenvalue weighted by atomic mass is 32.2. The highest BCUT2D eigenvalue weighted by Gasteiger charge is 2.35. The fourth-order valence-corrected chi connectivity index (χ4v) is 5.60. The summed E-state index contributed by atoms with van der Waals surface area (Å²) in [6.07, 6.45) is 0.445. The van der Waals surface area contributed by atoms with E-state index in [1.807, 2.05) is 0 Å². The minimum Gasteiger partial charge on any atom is -0.351 e. The number of hydrogen-bond donors (Lipinski definition) is 1. The topological polar surface area (TPSA) is 101 Å². The Hall–Kier alpha value is -1.87. The molecule has 1 saturated heterocycles. The van der Waals surface area contributed by atoms with E-state index in [0.717, 1.165) is 0 Å². The minimum absolute atomic E-state index is 0.00876. The number of hydrogen-bond acceptors (Lipinski definition) is 6. The van der Waals surface area contributed by atoms with Crippen molar-refractivity contribution in [2.45, 2.75) is 24.6 Å². The van der Waals surface area contributed by atoms with E-state index in [2.05, 4.69) is 5.32 Å². The van der Waals surface area contributed by atoms with Crippen molar-refractivity contribution in [3.8, 4) is 0 Å². The lowest BCUT2D eigenvalue weighted by molar-refractivity contribution is -0.120. The predicted octanol–water partition coefficient (Wildman–Crippen LogP) is 0.708. The van der Waals surface area contributed by atoms with Crippen LogP contribution in [0.5, 0.6) is 0 Å². The summed E-state index contributed by atoms with van der Waals surface area (Å²) >= 11 is 1.33. The second-order valence-electron chi connectivity index (χ2n) is 6.43. The number of rotatable bonds is 6. The monoisotopic (exact) mass is 396 g/mol. The first kappa shape index (κ1) is 18.9. The molecule has 0 aliphatic carbocycles. The second kappa shape index (κ2) is 7.40. The van der Waals surface area contributed by atoms with E-state index in [4.69, 9.17) is 0 Å². The van der Waals surface area contributed by atoms with Crippen LogP contribution in [0.2, 0.25) is 0 Å². The van der Waals surface area contributed by atoms with Crippen molar-refractivity contribution in [2.75, 3.05) is 23.8 Å². The summed E-state index contributed by atoms with van der Waals surface area (Å²) in [6, 6.07) is 6.38. The summed E-state index contributed by atoms with van der Waals surface area (Å²) in [7, 11) is -3.04. The van der Waals surface area contributed by atoms with Gasteiger partial charge in [-0.3, -0.25) is 19.3 Å². The van der Waals surface area contributed by atoms with Gasteiger partial charge in [-0.15, -0.1) is 11.8 Å². The number of sulfone groups is 1. The number of amides is 3. The van der Waals surface area contributed by atoms with Gasteiger partial charge >= 0.3 is 0 Å². The molecule has 3 rings (SSSR count). The third-order valence-corrected chi connectivity index (χ3v) is 7.41. The Balaban J connectivity index is 1.47. The molecule has 0 saturated carbocycles. The Morgan fingerprint density at radius 2 is 1.88 bits per heavy atom. The Bertz CT molecular complexity index is 817. The van der Waals surface area contributed by atoms with E-state index < -0.39 is 15.1 Å². The zero-order valence-corrected chi connectivity index (χ0v) is 15.9. The summed E-state index contributed by atoms with van der Waals surface area (Å²) in [5, 5.41) is 2.36. The van der Waals surface area contributed by atoms with Crippen LogP contribution in [0.4, 0.5) is 0 Å². The Labute approximate surface area is 156 Å². The molecule has 2 aliphatic heterocycles. The van der Waals surface area contributed by atoms with Crippen LogP contribution in [0, 0.1) is 0 Å². The quantitative estimate of drug-likeness (QED) is 0.711. The third kappa shape index (κ3) is 3.93. The van der Waals surface area contributed by atoms with Crippen LogP contribution in [0.1, 0.15) is 34.1 Å². The fraction of sp³-hybridized carbons (Fsp3) is 0.471. The van der Waals surface area contributed by atoms with Crippen LogP contribution in [0.15, 0.2) is 24.3 Å². The maximum absolute atomic E-state index is 12.3. The van der Waals surface area contributed by atoms with Gasteiger partial charge in [0.1, 0.15) is 0 Å². The van der Waals surface area contributed by atoms with Gasteiger partial charge in [0.05, 0.1) is 27.9 Å². The predicted molar refractivity (Wildman–Crippen MR) is 98.9 cm³/mol. The lowest BCUT2D eigenvalue weighted by Crippen LogP contribution is -2.40. The number of nitrogens with one attached hydrogen (secondary N) is 1. The first-order valence-corrected chi connectivity index (χ1v) is 11.2. The van der Waals surface area contributed by atoms with Crippen LogP contribution in [0.3, 0.4) is 0 Å². The zero-order chi connectivity index (χ0) is 18.9. The van der Waals surface area contributed by atoms with Crippen molar-refractivity contribution >= 4 is 39.3 Å². The minimum atomic E-state index is -3.04. The van der Waals surface area contributed by atoms with E-state index in [-0.39, 0.29) is 41.8 Å². The molecule has 3 amide bonds. The van der Waals surface area contributed by atoms with E-state index in [1.54, 1.807) is 31.2 Å². The van der Waals surface area contributed by atoms with Gasteiger partial charge in [-0.2, -0.15) is 0 Å². The molecule has 9 heteroatoms. The van der Waals surface area contributed by atoms with Gasteiger partial charge in [-0.1, -0.05) is 12.1 Å². The van der Waals surface area contributed by atoms with Crippen molar-refractivity contribution in [1.82, 2.24) is 10.2 Å². The van der Waals surface area contributed by atoms with Gasteiger partial charge in [0.25, 0.3) is 11.8 Å². The third-order valence-electron chi connectivity index (χ3n) is 4.51.